The molecule has 2 rings (SSSR count). The van der Waals surface area contributed by atoms with Crippen LogP contribution in [0.4, 0.5) is 5.00 Å². The van der Waals surface area contributed by atoms with Crippen LogP contribution in [0.3, 0.4) is 0 Å². The zero-order chi connectivity index (χ0) is 17.0. The number of anilines is 1. The van der Waals surface area contributed by atoms with Gasteiger partial charge in [-0.25, -0.2) is 4.79 Å². The topological polar surface area (TPSA) is 55.4 Å². The largest absolute Gasteiger partial charge is 0.462 e. The van der Waals surface area contributed by atoms with E-state index in [2.05, 4.69) is 5.32 Å². The maximum atomic E-state index is 12.5. The molecule has 0 atom stereocenters. The molecule has 0 aliphatic carbocycles. The molecule has 1 N–H and O–H groups in total. The zero-order valence-electron chi connectivity index (χ0n) is 13.8. The van der Waals surface area contributed by atoms with E-state index in [0.29, 0.717) is 17.2 Å². The number of nitrogens with one attached hydrogen (secondary N) is 1. The monoisotopic (exact) mass is 331 g/mol. The predicted molar refractivity (Wildman–Crippen MR) is 93.9 cm³/mol. The summed E-state index contributed by atoms with van der Waals surface area (Å²) in [6, 6.07) is 9.68. The Kier molecular flexibility index (Phi) is 5.55. The van der Waals surface area contributed by atoms with Gasteiger partial charge >= 0.3 is 5.97 Å². The molecular formula is C18H21NO3S. The summed E-state index contributed by atoms with van der Waals surface area (Å²) in [5.74, 6) is -0.682. The Hall–Kier alpha value is -2.14. The van der Waals surface area contributed by atoms with Gasteiger partial charge in [0.1, 0.15) is 10.6 Å². The number of esters is 1. The van der Waals surface area contributed by atoms with Gasteiger partial charge in [0.15, 0.2) is 0 Å². The Morgan fingerprint density at radius 3 is 2.43 bits per heavy atom. The normalized spacial score (nSPS) is 10.7. The van der Waals surface area contributed by atoms with E-state index in [9.17, 15) is 9.59 Å². The number of thiophene rings is 1. The predicted octanol–water partition coefficient (Wildman–Crippen LogP) is 4.49. The first-order chi connectivity index (χ1) is 11.0. The third kappa shape index (κ3) is 3.79. The van der Waals surface area contributed by atoms with E-state index in [4.69, 9.17) is 4.74 Å². The molecule has 23 heavy (non-hydrogen) atoms. The molecule has 0 saturated heterocycles. The van der Waals surface area contributed by atoms with Crippen LogP contribution in [-0.2, 0) is 9.53 Å². The third-order valence-corrected chi connectivity index (χ3v) is 4.41. The number of hydrogen-bond acceptors (Lipinski definition) is 4. The molecule has 1 aromatic heterocycles. The van der Waals surface area contributed by atoms with E-state index in [-0.39, 0.29) is 11.8 Å². The highest BCUT2D eigenvalue weighted by Crippen LogP contribution is 2.40. The Bertz CT molecular complexity index is 705. The quantitative estimate of drug-likeness (QED) is 0.821. The number of amides is 1. The number of ether oxygens (including phenoxy) is 1. The van der Waals surface area contributed by atoms with E-state index in [1.165, 1.54) is 11.3 Å². The SMILES string of the molecule is CCOC(=O)c1c(NC(=O)C(C)C)sc(C)c1-c1ccccc1. The fourth-order valence-corrected chi connectivity index (χ4v) is 3.31. The summed E-state index contributed by atoms with van der Waals surface area (Å²) in [5, 5.41) is 3.41. The molecule has 122 valence electrons. The van der Waals surface area contributed by atoms with E-state index >= 15 is 0 Å². The second-order valence-electron chi connectivity index (χ2n) is 5.47. The molecule has 5 heteroatoms. The summed E-state index contributed by atoms with van der Waals surface area (Å²) in [6.07, 6.45) is 0. The van der Waals surface area contributed by atoms with Gasteiger partial charge in [-0.2, -0.15) is 0 Å². The maximum absolute atomic E-state index is 12.5. The van der Waals surface area contributed by atoms with Crippen molar-refractivity contribution in [3.63, 3.8) is 0 Å². The van der Waals surface area contributed by atoms with Crippen molar-refractivity contribution < 1.29 is 14.3 Å². The standard InChI is InChI=1S/C18H21NO3S/c1-5-22-18(21)15-14(13-9-7-6-8-10-13)12(4)23-17(15)19-16(20)11(2)3/h6-11H,5H2,1-4H3,(H,19,20). The summed E-state index contributed by atoms with van der Waals surface area (Å²) in [5.41, 5.74) is 2.21. The van der Waals surface area contributed by atoms with Crippen LogP contribution in [0.15, 0.2) is 30.3 Å². The number of hydrogen-bond donors (Lipinski definition) is 1. The summed E-state index contributed by atoms with van der Waals surface area (Å²) in [6.45, 7) is 7.64. The van der Waals surface area contributed by atoms with Crippen molar-refractivity contribution in [3.8, 4) is 11.1 Å². The van der Waals surface area contributed by atoms with E-state index in [1.807, 2.05) is 51.1 Å². The first-order valence-electron chi connectivity index (χ1n) is 7.62. The lowest BCUT2D eigenvalue weighted by molar-refractivity contribution is -0.118. The molecule has 0 radical (unpaired) electrons. The second-order valence-corrected chi connectivity index (χ2v) is 6.69. The minimum atomic E-state index is -0.408. The Morgan fingerprint density at radius 1 is 1.22 bits per heavy atom. The molecule has 0 unspecified atom stereocenters. The number of rotatable bonds is 5. The van der Waals surface area contributed by atoms with Gasteiger partial charge in [0, 0.05) is 16.4 Å². The highest BCUT2D eigenvalue weighted by molar-refractivity contribution is 7.17. The lowest BCUT2D eigenvalue weighted by atomic mass is 10.0. The fraction of sp³-hybridized carbons (Fsp3) is 0.333. The molecule has 0 spiro atoms. The molecule has 1 amide bonds. The maximum Gasteiger partial charge on any atom is 0.341 e. The minimum Gasteiger partial charge on any atom is -0.462 e. The Labute approximate surface area is 140 Å². The van der Waals surface area contributed by atoms with Crippen LogP contribution in [0.5, 0.6) is 0 Å². The van der Waals surface area contributed by atoms with Crippen LogP contribution in [0, 0.1) is 12.8 Å². The minimum absolute atomic E-state index is 0.114. The first-order valence-corrected chi connectivity index (χ1v) is 8.44. The molecule has 0 aliphatic rings. The van der Waals surface area contributed by atoms with E-state index in [0.717, 1.165) is 16.0 Å². The van der Waals surface area contributed by atoms with Crippen LogP contribution in [-0.4, -0.2) is 18.5 Å². The van der Waals surface area contributed by atoms with Crippen molar-refractivity contribution >= 4 is 28.2 Å². The average Bonchev–Trinajstić information content (AvgIpc) is 2.84. The van der Waals surface area contributed by atoms with Gasteiger partial charge in [0.2, 0.25) is 5.91 Å². The number of benzene rings is 1. The van der Waals surface area contributed by atoms with Gasteiger partial charge in [-0.15, -0.1) is 11.3 Å². The summed E-state index contributed by atoms with van der Waals surface area (Å²) in [7, 11) is 0. The lowest BCUT2D eigenvalue weighted by Crippen LogP contribution is -2.19. The van der Waals surface area contributed by atoms with Crippen LogP contribution >= 0.6 is 11.3 Å². The van der Waals surface area contributed by atoms with Crippen molar-refractivity contribution in [2.45, 2.75) is 27.7 Å². The summed E-state index contributed by atoms with van der Waals surface area (Å²) < 4.78 is 5.20. The third-order valence-electron chi connectivity index (χ3n) is 3.39. The summed E-state index contributed by atoms with van der Waals surface area (Å²) in [4.78, 5) is 25.5. The molecular weight excluding hydrogens is 310 g/mol. The highest BCUT2D eigenvalue weighted by Gasteiger charge is 2.25. The van der Waals surface area contributed by atoms with Gasteiger partial charge < -0.3 is 10.1 Å². The van der Waals surface area contributed by atoms with Gasteiger partial charge in [0.05, 0.1) is 6.61 Å². The van der Waals surface area contributed by atoms with Crippen LogP contribution in [0.1, 0.15) is 36.0 Å². The summed E-state index contributed by atoms with van der Waals surface area (Å²) >= 11 is 1.40. The van der Waals surface area contributed by atoms with Gasteiger partial charge in [-0.05, 0) is 19.4 Å². The van der Waals surface area contributed by atoms with Crippen molar-refractivity contribution in [2.24, 2.45) is 5.92 Å². The molecule has 4 nitrogen and oxygen atoms in total. The molecule has 0 bridgehead atoms. The van der Waals surface area contributed by atoms with Crippen LogP contribution < -0.4 is 5.32 Å². The molecule has 0 saturated carbocycles. The van der Waals surface area contributed by atoms with E-state index < -0.39 is 5.97 Å². The van der Waals surface area contributed by atoms with Crippen molar-refractivity contribution in [2.75, 3.05) is 11.9 Å². The lowest BCUT2D eigenvalue weighted by Gasteiger charge is -2.10. The van der Waals surface area contributed by atoms with E-state index in [1.54, 1.807) is 6.92 Å². The number of carbonyl (C=O) groups is 2. The zero-order valence-corrected chi connectivity index (χ0v) is 14.6. The molecule has 1 aromatic carbocycles. The Morgan fingerprint density at radius 2 is 1.87 bits per heavy atom. The van der Waals surface area contributed by atoms with Crippen molar-refractivity contribution in [1.29, 1.82) is 0 Å². The molecule has 1 heterocycles. The van der Waals surface area contributed by atoms with Crippen LogP contribution in [0.2, 0.25) is 0 Å². The van der Waals surface area contributed by atoms with Crippen molar-refractivity contribution in [1.82, 2.24) is 0 Å². The molecule has 0 aliphatic heterocycles. The molecule has 2 aromatic rings. The average molecular weight is 331 g/mol. The highest BCUT2D eigenvalue weighted by atomic mass is 32.1. The van der Waals surface area contributed by atoms with Crippen LogP contribution in [0.25, 0.3) is 11.1 Å². The van der Waals surface area contributed by atoms with Gasteiger partial charge in [-0.1, -0.05) is 44.2 Å². The second kappa shape index (κ2) is 7.42. The molecule has 0 fully saturated rings. The Balaban J connectivity index is 2.55. The van der Waals surface area contributed by atoms with Crippen molar-refractivity contribution in [3.05, 3.63) is 40.8 Å². The van der Waals surface area contributed by atoms with Gasteiger partial charge in [-0.3, -0.25) is 4.79 Å². The smallest absolute Gasteiger partial charge is 0.341 e. The van der Waals surface area contributed by atoms with Gasteiger partial charge in [0.25, 0.3) is 0 Å². The number of carbonyl (C=O) groups excluding carboxylic acids is 2. The fourth-order valence-electron chi connectivity index (χ4n) is 2.24. The number of aryl methyl sites for hydroxylation is 1. The first kappa shape index (κ1) is 17.2.